The van der Waals surface area contributed by atoms with Gasteiger partial charge in [0.05, 0.1) is 11.6 Å². The van der Waals surface area contributed by atoms with Crippen molar-refractivity contribution in [1.82, 2.24) is 15.4 Å². The zero-order chi connectivity index (χ0) is 11.5. The van der Waals surface area contributed by atoms with Crippen molar-refractivity contribution in [2.75, 3.05) is 5.73 Å². The highest BCUT2D eigenvalue weighted by atomic mass is 32.1. The van der Waals surface area contributed by atoms with Crippen LogP contribution in [0.3, 0.4) is 0 Å². The molecule has 1 unspecified atom stereocenters. The van der Waals surface area contributed by atoms with E-state index in [0.717, 1.165) is 16.0 Å². The van der Waals surface area contributed by atoms with Gasteiger partial charge in [-0.05, 0) is 18.6 Å². The van der Waals surface area contributed by atoms with Gasteiger partial charge in [0, 0.05) is 22.8 Å². The number of hydrazine groups is 1. The van der Waals surface area contributed by atoms with Gasteiger partial charge >= 0.3 is 0 Å². The Morgan fingerprint density at radius 2 is 2.31 bits per heavy atom. The predicted octanol–water partition coefficient (Wildman–Crippen LogP) is 0.981. The highest BCUT2D eigenvalue weighted by molar-refractivity contribution is 7.09. The molecule has 0 amide bonds. The molecule has 1 atom stereocenters. The third-order valence-electron chi connectivity index (χ3n) is 2.43. The van der Waals surface area contributed by atoms with Gasteiger partial charge in [-0.2, -0.15) is 0 Å². The number of aryl methyl sites for hydroxylation is 1. The third kappa shape index (κ3) is 1.90. The van der Waals surface area contributed by atoms with Gasteiger partial charge in [0.2, 0.25) is 0 Å². The van der Waals surface area contributed by atoms with E-state index in [1.165, 1.54) is 11.3 Å². The molecule has 6 heteroatoms. The summed E-state index contributed by atoms with van der Waals surface area (Å²) in [7, 11) is 0. The molecular weight excluding hydrogens is 222 g/mol. The van der Waals surface area contributed by atoms with Gasteiger partial charge in [0.15, 0.2) is 0 Å². The Balaban J connectivity index is 2.49. The molecule has 0 saturated heterocycles. The average molecular weight is 235 g/mol. The number of nitrogens with zero attached hydrogens (tertiary/aromatic N) is 2. The number of hydrogen-bond donors (Lipinski definition) is 3. The monoisotopic (exact) mass is 235 g/mol. The molecular formula is C10H13N5S. The van der Waals surface area contributed by atoms with Crippen molar-refractivity contribution in [3.8, 4) is 0 Å². The Hall–Kier alpha value is -1.50. The van der Waals surface area contributed by atoms with Crippen molar-refractivity contribution < 1.29 is 0 Å². The Morgan fingerprint density at radius 1 is 1.50 bits per heavy atom. The molecule has 5 N–H and O–H groups in total. The van der Waals surface area contributed by atoms with E-state index in [1.54, 1.807) is 17.9 Å². The minimum atomic E-state index is -0.152. The molecule has 0 aliphatic heterocycles. The second kappa shape index (κ2) is 4.56. The fourth-order valence-electron chi connectivity index (χ4n) is 1.64. The van der Waals surface area contributed by atoms with E-state index in [1.807, 2.05) is 13.0 Å². The fourth-order valence-corrected chi connectivity index (χ4v) is 2.33. The molecule has 2 rings (SSSR count). The Labute approximate surface area is 97.5 Å². The average Bonchev–Trinajstić information content (AvgIpc) is 2.77. The standard InChI is InChI=1S/C10H13N5S/c1-6-2-3-14-10(11)8(6)9(15-12)7-4-13-5-16-7/h2-5,9,15H,12H2,1H3,(H2,11,14). The smallest absolute Gasteiger partial charge is 0.128 e. The summed E-state index contributed by atoms with van der Waals surface area (Å²) >= 11 is 1.53. The Morgan fingerprint density at radius 3 is 2.88 bits per heavy atom. The summed E-state index contributed by atoms with van der Waals surface area (Å²) in [5.74, 6) is 6.08. The van der Waals surface area contributed by atoms with E-state index in [0.29, 0.717) is 5.82 Å². The molecule has 2 heterocycles. The van der Waals surface area contributed by atoms with Gasteiger partial charge in [-0.3, -0.25) is 10.8 Å². The van der Waals surface area contributed by atoms with E-state index in [4.69, 9.17) is 11.6 Å². The SMILES string of the molecule is Cc1ccnc(N)c1C(NN)c1cncs1. The lowest BCUT2D eigenvalue weighted by atomic mass is 10.0. The van der Waals surface area contributed by atoms with Crippen molar-refractivity contribution in [3.63, 3.8) is 0 Å². The molecule has 0 radical (unpaired) electrons. The van der Waals surface area contributed by atoms with E-state index >= 15 is 0 Å². The van der Waals surface area contributed by atoms with Crippen LogP contribution in [-0.2, 0) is 0 Å². The summed E-state index contributed by atoms with van der Waals surface area (Å²) in [6.45, 7) is 1.98. The first-order chi connectivity index (χ1) is 7.74. The first-order valence-electron chi connectivity index (χ1n) is 4.79. The van der Waals surface area contributed by atoms with Crippen LogP contribution >= 0.6 is 11.3 Å². The number of rotatable bonds is 3. The zero-order valence-electron chi connectivity index (χ0n) is 8.84. The molecule has 84 valence electrons. The Kier molecular flexibility index (Phi) is 3.14. The summed E-state index contributed by atoms with van der Waals surface area (Å²) in [5, 5.41) is 0. The van der Waals surface area contributed by atoms with Gasteiger partial charge in [-0.25, -0.2) is 10.4 Å². The van der Waals surface area contributed by atoms with Crippen LogP contribution in [-0.4, -0.2) is 9.97 Å². The van der Waals surface area contributed by atoms with Gasteiger partial charge in [0.1, 0.15) is 5.82 Å². The quantitative estimate of drug-likeness (QED) is 0.545. The summed E-state index contributed by atoms with van der Waals surface area (Å²) in [6, 6.07) is 1.76. The summed E-state index contributed by atoms with van der Waals surface area (Å²) in [5.41, 5.74) is 12.4. The summed E-state index contributed by atoms with van der Waals surface area (Å²) in [4.78, 5) is 9.14. The second-order valence-corrected chi connectivity index (χ2v) is 4.35. The predicted molar refractivity (Wildman–Crippen MR) is 64.7 cm³/mol. The lowest BCUT2D eigenvalue weighted by Crippen LogP contribution is -2.29. The maximum absolute atomic E-state index is 5.88. The largest absolute Gasteiger partial charge is 0.383 e. The highest BCUT2D eigenvalue weighted by Crippen LogP contribution is 2.29. The third-order valence-corrected chi connectivity index (χ3v) is 3.27. The Bertz CT molecular complexity index is 448. The van der Waals surface area contributed by atoms with Gasteiger partial charge in [-0.1, -0.05) is 0 Å². The molecule has 0 bridgehead atoms. The van der Waals surface area contributed by atoms with E-state index in [9.17, 15) is 0 Å². The molecule has 0 aliphatic rings. The van der Waals surface area contributed by atoms with Crippen molar-refractivity contribution >= 4 is 17.2 Å². The fraction of sp³-hybridized carbons (Fsp3) is 0.200. The molecule has 0 aliphatic carbocycles. The number of anilines is 1. The number of nitrogens with two attached hydrogens (primary N) is 2. The molecule has 2 aromatic heterocycles. The summed E-state index contributed by atoms with van der Waals surface area (Å²) in [6.07, 6.45) is 3.47. The highest BCUT2D eigenvalue weighted by Gasteiger charge is 2.19. The lowest BCUT2D eigenvalue weighted by molar-refractivity contribution is 0.642. The van der Waals surface area contributed by atoms with Crippen LogP contribution in [0.5, 0.6) is 0 Å². The summed E-state index contributed by atoms with van der Waals surface area (Å²) < 4.78 is 0. The van der Waals surface area contributed by atoms with Crippen molar-refractivity contribution in [1.29, 1.82) is 0 Å². The first kappa shape index (κ1) is 11.0. The normalized spacial score (nSPS) is 12.6. The maximum Gasteiger partial charge on any atom is 0.128 e. The molecule has 0 spiro atoms. The van der Waals surface area contributed by atoms with Crippen molar-refractivity contribution in [2.24, 2.45) is 5.84 Å². The van der Waals surface area contributed by atoms with Crippen LogP contribution in [0.2, 0.25) is 0 Å². The molecule has 0 fully saturated rings. The molecule has 16 heavy (non-hydrogen) atoms. The number of thiazole rings is 1. The van der Waals surface area contributed by atoms with Crippen LogP contribution in [0.4, 0.5) is 5.82 Å². The van der Waals surface area contributed by atoms with Crippen LogP contribution in [0.1, 0.15) is 22.0 Å². The number of hydrogen-bond acceptors (Lipinski definition) is 6. The molecule has 5 nitrogen and oxygen atoms in total. The van der Waals surface area contributed by atoms with E-state index in [2.05, 4.69) is 15.4 Å². The van der Waals surface area contributed by atoms with Crippen LogP contribution in [0.15, 0.2) is 24.0 Å². The minimum Gasteiger partial charge on any atom is -0.383 e. The number of pyridine rings is 1. The van der Waals surface area contributed by atoms with Crippen molar-refractivity contribution in [2.45, 2.75) is 13.0 Å². The topological polar surface area (TPSA) is 89.8 Å². The van der Waals surface area contributed by atoms with E-state index < -0.39 is 0 Å². The second-order valence-electron chi connectivity index (χ2n) is 3.43. The minimum absolute atomic E-state index is 0.152. The van der Waals surface area contributed by atoms with Gasteiger partial charge in [-0.15, -0.1) is 11.3 Å². The van der Waals surface area contributed by atoms with Gasteiger partial charge in [0.25, 0.3) is 0 Å². The number of nitrogens with one attached hydrogen (secondary N) is 1. The maximum atomic E-state index is 5.88. The van der Waals surface area contributed by atoms with Crippen LogP contribution in [0, 0.1) is 6.92 Å². The molecule has 2 aromatic rings. The molecule has 0 aromatic carbocycles. The van der Waals surface area contributed by atoms with E-state index in [-0.39, 0.29) is 6.04 Å². The molecule has 0 saturated carbocycles. The zero-order valence-corrected chi connectivity index (χ0v) is 9.66. The lowest BCUT2D eigenvalue weighted by Gasteiger charge is -2.17. The van der Waals surface area contributed by atoms with Crippen molar-refractivity contribution in [3.05, 3.63) is 40.0 Å². The number of nitrogen functional groups attached to an aromatic ring is 1. The van der Waals surface area contributed by atoms with Gasteiger partial charge < -0.3 is 5.73 Å². The van der Waals surface area contributed by atoms with Crippen LogP contribution in [0.25, 0.3) is 0 Å². The van der Waals surface area contributed by atoms with Crippen LogP contribution < -0.4 is 17.0 Å². The first-order valence-corrected chi connectivity index (χ1v) is 5.67. The number of aromatic nitrogens is 2.